The Balaban J connectivity index is 2.49. The molecule has 19 heavy (non-hydrogen) atoms. The zero-order valence-corrected chi connectivity index (χ0v) is 11.0. The molecule has 0 spiro atoms. The Labute approximate surface area is 111 Å². The van der Waals surface area contributed by atoms with Gasteiger partial charge in [0.1, 0.15) is 0 Å². The summed E-state index contributed by atoms with van der Waals surface area (Å²) in [6.07, 6.45) is 2.99. The lowest BCUT2D eigenvalue weighted by Gasteiger charge is -2.03. The quantitative estimate of drug-likeness (QED) is 0.659. The number of nitrogens with zero attached hydrogens (tertiary/aromatic N) is 4. The van der Waals surface area contributed by atoms with E-state index in [0.29, 0.717) is 5.95 Å². The van der Waals surface area contributed by atoms with Gasteiger partial charge in [-0.3, -0.25) is 0 Å². The fourth-order valence-electron chi connectivity index (χ4n) is 1.69. The molecule has 0 atom stereocenters. The van der Waals surface area contributed by atoms with Crippen LogP contribution >= 0.6 is 0 Å². The van der Waals surface area contributed by atoms with Gasteiger partial charge < -0.3 is 5.73 Å². The van der Waals surface area contributed by atoms with E-state index in [1.54, 1.807) is 0 Å². The van der Waals surface area contributed by atoms with E-state index < -0.39 is 0 Å². The maximum Gasteiger partial charge on any atom is 0.253 e. The highest BCUT2D eigenvalue weighted by Gasteiger charge is 2.04. The maximum atomic E-state index is 5.63. The Kier molecular flexibility index (Phi) is 3.66. The monoisotopic (exact) mass is 253 g/mol. The molecule has 0 aliphatic carbocycles. The highest BCUT2D eigenvalue weighted by Crippen LogP contribution is 2.19. The number of aromatic nitrogens is 2. The Morgan fingerprint density at radius 1 is 1.32 bits per heavy atom. The Hall–Kier alpha value is -2.56. The molecule has 0 bridgehead atoms. The van der Waals surface area contributed by atoms with Crippen LogP contribution in [0.25, 0.3) is 10.9 Å². The first-order valence-electron chi connectivity index (χ1n) is 5.84. The van der Waals surface area contributed by atoms with Gasteiger partial charge in [0.05, 0.1) is 11.2 Å². The van der Waals surface area contributed by atoms with Crippen molar-refractivity contribution in [2.75, 3.05) is 0 Å². The number of fused-ring (bicyclic) bond motifs is 1. The van der Waals surface area contributed by atoms with Crippen LogP contribution in [-0.4, -0.2) is 22.1 Å². The van der Waals surface area contributed by atoms with Crippen LogP contribution in [-0.2, 0) is 0 Å². The summed E-state index contributed by atoms with van der Waals surface area (Å²) in [7, 11) is 0. The third kappa shape index (κ3) is 3.01. The van der Waals surface area contributed by atoms with Crippen molar-refractivity contribution in [1.29, 1.82) is 0 Å². The second kappa shape index (κ2) is 5.39. The maximum absolute atomic E-state index is 5.63. The third-order valence-electron chi connectivity index (χ3n) is 2.56. The topological polar surface area (TPSA) is 76.5 Å². The van der Waals surface area contributed by atoms with Crippen molar-refractivity contribution in [3.05, 3.63) is 42.1 Å². The highest BCUT2D eigenvalue weighted by molar-refractivity contribution is 5.91. The van der Waals surface area contributed by atoms with Crippen LogP contribution < -0.4 is 5.73 Å². The summed E-state index contributed by atoms with van der Waals surface area (Å²) in [5.41, 5.74) is 8.52. The van der Waals surface area contributed by atoms with Gasteiger partial charge in [-0.25, -0.2) is 15.0 Å². The van der Waals surface area contributed by atoms with Crippen molar-refractivity contribution in [2.45, 2.75) is 13.8 Å². The molecular weight excluding hydrogens is 238 g/mol. The van der Waals surface area contributed by atoms with Gasteiger partial charge in [-0.05, 0) is 26.0 Å². The van der Waals surface area contributed by atoms with Crippen LogP contribution in [0.15, 0.2) is 40.8 Å². The SMILES string of the molecule is C=C/C=N/C(N)=N\c1nc(C)c2cc(C)ccc2n1. The van der Waals surface area contributed by atoms with Crippen LogP contribution in [0, 0.1) is 13.8 Å². The molecule has 5 nitrogen and oxygen atoms in total. The van der Waals surface area contributed by atoms with Crippen LogP contribution in [0.2, 0.25) is 0 Å². The molecule has 1 heterocycles. The van der Waals surface area contributed by atoms with Crippen LogP contribution in [0.4, 0.5) is 5.95 Å². The van der Waals surface area contributed by atoms with Crippen LogP contribution in [0.3, 0.4) is 0 Å². The number of hydrogen-bond donors (Lipinski definition) is 1. The fourth-order valence-corrected chi connectivity index (χ4v) is 1.69. The second-order valence-electron chi connectivity index (χ2n) is 4.11. The normalized spacial score (nSPS) is 12.2. The molecule has 0 saturated heterocycles. The molecule has 2 aromatic rings. The van der Waals surface area contributed by atoms with E-state index in [1.165, 1.54) is 17.9 Å². The van der Waals surface area contributed by atoms with Crippen LogP contribution in [0.1, 0.15) is 11.3 Å². The molecule has 5 heteroatoms. The minimum atomic E-state index is 0.103. The van der Waals surface area contributed by atoms with E-state index in [4.69, 9.17) is 5.73 Å². The average molecular weight is 253 g/mol. The van der Waals surface area contributed by atoms with Gasteiger partial charge in [-0.15, -0.1) is 0 Å². The summed E-state index contributed by atoms with van der Waals surface area (Å²) in [6.45, 7) is 7.47. The molecular formula is C14H15N5. The molecule has 0 saturated carbocycles. The van der Waals surface area contributed by atoms with Crippen molar-refractivity contribution in [3.63, 3.8) is 0 Å². The van der Waals surface area contributed by atoms with Gasteiger partial charge in [-0.2, -0.15) is 4.99 Å². The lowest BCUT2D eigenvalue weighted by atomic mass is 10.1. The second-order valence-corrected chi connectivity index (χ2v) is 4.11. The van der Waals surface area contributed by atoms with Crippen molar-refractivity contribution >= 4 is 29.0 Å². The smallest absolute Gasteiger partial charge is 0.253 e. The molecule has 0 amide bonds. The van der Waals surface area contributed by atoms with Crippen molar-refractivity contribution in [1.82, 2.24) is 9.97 Å². The van der Waals surface area contributed by atoms with Gasteiger partial charge in [0, 0.05) is 11.6 Å². The minimum absolute atomic E-state index is 0.103. The zero-order chi connectivity index (χ0) is 13.8. The first kappa shape index (κ1) is 12.9. The first-order chi connectivity index (χ1) is 9.10. The lowest BCUT2D eigenvalue weighted by Crippen LogP contribution is -2.08. The molecule has 96 valence electrons. The predicted octanol–water partition coefficient (Wildman–Crippen LogP) is 2.45. The summed E-state index contributed by atoms with van der Waals surface area (Å²) < 4.78 is 0. The van der Waals surface area contributed by atoms with Gasteiger partial charge in [0.25, 0.3) is 5.95 Å². The molecule has 0 fully saturated rings. The molecule has 1 aromatic heterocycles. The largest absolute Gasteiger partial charge is 0.368 e. The summed E-state index contributed by atoms with van der Waals surface area (Å²) in [4.78, 5) is 16.6. The Bertz CT molecular complexity index is 686. The number of aryl methyl sites for hydroxylation is 2. The van der Waals surface area contributed by atoms with Gasteiger partial charge >= 0.3 is 0 Å². The summed E-state index contributed by atoms with van der Waals surface area (Å²) in [5.74, 6) is 0.415. The molecule has 2 N–H and O–H groups in total. The van der Waals surface area contributed by atoms with Crippen molar-refractivity contribution in [2.24, 2.45) is 15.7 Å². The van der Waals surface area contributed by atoms with E-state index >= 15 is 0 Å². The molecule has 0 aliphatic rings. The highest BCUT2D eigenvalue weighted by atomic mass is 15.1. The number of hydrogen-bond acceptors (Lipinski definition) is 3. The zero-order valence-electron chi connectivity index (χ0n) is 11.0. The van der Waals surface area contributed by atoms with E-state index in [-0.39, 0.29) is 5.96 Å². The predicted molar refractivity (Wildman–Crippen MR) is 79.0 cm³/mol. The number of benzene rings is 1. The molecule has 0 unspecified atom stereocenters. The van der Waals surface area contributed by atoms with Crippen molar-refractivity contribution < 1.29 is 0 Å². The Morgan fingerprint density at radius 3 is 2.84 bits per heavy atom. The van der Waals surface area contributed by atoms with Gasteiger partial charge in [-0.1, -0.05) is 24.3 Å². The molecule has 1 aromatic carbocycles. The number of guanidine groups is 1. The fraction of sp³-hybridized carbons (Fsp3) is 0.143. The lowest BCUT2D eigenvalue weighted by molar-refractivity contribution is 1.12. The molecule has 0 radical (unpaired) electrons. The van der Waals surface area contributed by atoms with E-state index in [9.17, 15) is 0 Å². The minimum Gasteiger partial charge on any atom is -0.368 e. The number of rotatable bonds is 2. The van der Waals surface area contributed by atoms with Crippen molar-refractivity contribution in [3.8, 4) is 0 Å². The Morgan fingerprint density at radius 2 is 2.11 bits per heavy atom. The molecule has 0 aliphatic heterocycles. The van der Waals surface area contributed by atoms with Gasteiger partial charge in [0.15, 0.2) is 0 Å². The summed E-state index contributed by atoms with van der Waals surface area (Å²) in [5, 5.41) is 1.02. The number of nitrogens with two attached hydrogens (primary N) is 1. The van der Waals surface area contributed by atoms with Crippen LogP contribution in [0.5, 0.6) is 0 Å². The number of allylic oxidation sites excluding steroid dienone is 1. The summed E-state index contributed by atoms with van der Waals surface area (Å²) >= 11 is 0. The summed E-state index contributed by atoms with van der Waals surface area (Å²) in [6, 6.07) is 6.00. The standard InChI is InChI=1S/C14H15N5/c1-4-7-16-13(15)19-14-17-10(3)11-8-9(2)5-6-12(11)18-14/h4-8H,1H2,2-3H3,(H2,15,17,18,19)/b16-7+. The first-order valence-corrected chi connectivity index (χ1v) is 5.84. The van der Waals surface area contributed by atoms with E-state index in [1.807, 2.05) is 26.0 Å². The van der Waals surface area contributed by atoms with Gasteiger partial charge in [0.2, 0.25) is 5.96 Å². The number of aliphatic imine (C=N–C) groups is 2. The average Bonchev–Trinajstić information content (AvgIpc) is 2.37. The third-order valence-corrected chi connectivity index (χ3v) is 2.56. The molecule has 2 rings (SSSR count). The van der Waals surface area contributed by atoms with E-state index in [0.717, 1.165) is 16.6 Å². The van der Waals surface area contributed by atoms with E-state index in [2.05, 4.69) is 32.6 Å².